The molecule has 0 bridgehead atoms. The zero-order valence-corrected chi connectivity index (χ0v) is 13.9. The smallest absolute Gasteiger partial charge is 0.204 e. The zero-order chi connectivity index (χ0) is 15.3. The second-order valence-corrected chi connectivity index (χ2v) is 10.6. The first-order valence-corrected chi connectivity index (χ1v) is 9.24. The molecule has 0 saturated carbocycles. The molecule has 0 saturated heterocycles. The van der Waals surface area contributed by atoms with Gasteiger partial charge in [0.1, 0.15) is 6.61 Å². The Balaban J connectivity index is 2.79. The highest BCUT2D eigenvalue weighted by molar-refractivity contribution is 7.10. The molecule has 0 heterocycles. The molecule has 0 aliphatic heterocycles. The Bertz CT molecular complexity index is 591. The average molecular weight is 294 g/mol. The highest BCUT2D eigenvalue weighted by atomic mass is 28.3. The first-order valence-electron chi connectivity index (χ1n) is 7.24. The molecule has 1 N–H and O–H groups in total. The third kappa shape index (κ3) is 2.95. The summed E-state index contributed by atoms with van der Waals surface area (Å²) in [5.74, 6) is 2.96. The van der Waals surface area contributed by atoms with E-state index < -0.39 is 8.07 Å². The lowest BCUT2D eigenvalue weighted by atomic mass is 10.2. The van der Waals surface area contributed by atoms with E-state index in [0.29, 0.717) is 0 Å². The van der Waals surface area contributed by atoms with Gasteiger partial charge < -0.3 is 5.11 Å². The van der Waals surface area contributed by atoms with Crippen LogP contribution in [-0.2, 0) is 0 Å². The van der Waals surface area contributed by atoms with Gasteiger partial charge in [0.2, 0.25) is 8.07 Å². The first-order chi connectivity index (χ1) is 10.0. The van der Waals surface area contributed by atoms with Crippen LogP contribution in [0.2, 0.25) is 5.04 Å². The van der Waals surface area contributed by atoms with Gasteiger partial charge in [-0.3, -0.25) is 0 Å². The molecule has 0 amide bonds. The maximum Gasteiger partial charge on any atom is 0.204 e. The second kappa shape index (κ2) is 6.30. The molecule has 2 aromatic carbocycles. The molecule has 21 heavy (non-hydrogen) atoms. The molecule has 0 aliphatic carbocycles. The van der Waals surface area contributed by atoms with Crippen molar-refractivity contribution in [3.05, 3.63) is 60.7 Å². The van der Waals surface area contributed by atoms with E-state index in [4.69, 9.17) is 0 Å². The summed E-state index contributed by atoms with van der Waals surface area (Å²) in [6.45, 7) is 6.67. The van der Waals surface area contributed by atoms with E-state index in [1.54, 1.807) is 0 Å². The van der Waals surface area contributed by atoms with Crippen molar-refractivity contribution >= 4 is 18.4 Å². The Hall–Kier alpha value is -1.82. The monoisotopic (exact) mass is 294 g/mol. The van der Waals surface area contributed by atoms with Gasteiger partial charge in [-0.2, -0.15) is 0 Å². The number of hydrogen-bond acceptors (Lipinski definition) is 1. The minimum atomic E-state index is -2.29. The highest BCUT2D eigenvalue weighted by Gasteiger charge is 2.46. The van der Waals surface area contributed by atoms with Crippen molar-refractivity contribution in [2.45, 2.75) is 25.8 Å². The normalized spacial score (nSPS) is 11.6. The highest BCUT2D eigenvalue weighted by Crippen LogP contribution is 2.35. The van der Waals surface area contributed by atoms with Crippen LogP contribution in [0.1, 0.15) is 20.8 Å². The summed E-state index contributed by atoms with van der Waals surface area (Å²) in [6.07, 6.45) is 0. The number of aliphatic hydroxyl groups is 1. The van der Waals surface area contributed by atoms with Crippen molar-refractivity contribution in [2.75, 3.05) is 6.61 Å². The Morgan fingerprint density at radius 1 is 0.857 bits per heavy atom. The molecule has 2 aromatic rings. The summed E-state index contributed by atoms with van der Waals surface area (Å²) in [5.41, 5.74) is 3.49. The lowest BCUT2D eigenvalue weighted by Gasteiger charge is -2.39. The molecule has 0 spiro atoms. The van der Waals surface area contributed by atoms with E-state index in [1.807, 2.05) is 12.1 Å². The Morgan fingerprint density at radius 3 is 1.62 bits per heavy atom. The van der Waals surface area contributed by atoms with Gasteiger partial charge in [0.05, 0.1) is 0 Å². The van der Waals surface area contributed by atoms with Gasteiger partial charge in [-0.1, -0.05) is 87.4 Å². The molecule has 108 valence electrons. The van der Waals surface area contributed by atoms with E-state index >= 15 is 0 Å². The number of hydrogen-bond donors (Lipinski definition) is 1. The van der Waals surface area contributed by atoms with Crippen LogP contribution < -0.4 is 10.4 Å². The molecule has 0 aromatic heterocycles. The Labute approximate surface area is 128 Å². The minimum absolute atomic E-state index is 0.0257. The fraction of sp³-hybridized carbons (Fsp3) is 0.263. The number of benzene rings is 2. The summed E-state index contributed by atoms with van der Waals surface area (Å²) in [4.78, 5) is 0. The summed E-state index contributed by atoms with van der Waals surface area (Å²) >= 11 is 0. The van der Waals surface area contributed by atoms with E-state index in [2.05, 4.69) is 80.8 Å². The quantitative estimate of drug-likeness (QED) is 0.667. The largest absolute Gasteiger partial charge is 0.384 e. The number of rotatable bonds is 2. The Morgan fingerprint density at radius 2 is 1.29 bits per heavy atom. The SMILES string of the molecule is CC(C)(C)[Si](C#CCO)(c1ccccc1)c1ccccc1. The molecule has 0 atom stereocenters. The topological polar surface area (TPSA) is 20.2 Å². The van der Waals surface area contributed by atoms with Crippen molar-refractivity contribution in [1.29, 1.82) is 0 Å². The van der Waals surface area contributed by atoms with Crippen LogP contribution in [0.15, 0.2) is 60.7 Å². The molecule has 0 aliphatic rings. The maximum absolute atomic E-state index is 9.24. The lowest BCUT2D eigenvalue weighted by molar-refractivity contribution is 0.350. The van der Waals surface area contributed by atoms with Crippen LogP contribution in [0.4, 0.5) is 0 Å². The molecular weight excluding hydrogens is 272 g/mol. The van der Waals surface area contributed by atoms with Crippen molar-refractivity contribution in [3.63, 3.8) is 0 Å². The van der Waals surface area contributed by atoms with Gasteiger partial charge in [-0.25, -0.2) is 0 Å². The minimum Gasteiger partial charge on any atom is -0.384 e. The lowest BCUT2D eigenvalue weighted by Crippen LogP contribution is -2.63. The van der Waals surface area contributed by atoms with Gasteiger partial charge in [0, 0.05) is 0 Å². The maximum atomic E-state index is 9.24. The molecule has 0 radical (unpaired) electrons. The second-order valence-electron chi connectivity index (χ2n) is 6.19. The van der Waals surface area contributed by atoms with Crippen LogP contribution in [0.5, 0.6) is 0 Å². The predicted molar refractivity (Wildman–Crippen MR) is 92.5 cm³/mol. The molecule has 2 rings (SSSR count). The van der Waals surface area contributed by atoms with E-state index in [1.165, 1.54) is 10.4 Å². The van der Waals surface area contributed by atoms with E-state index in [-0.39, 0.29) is 11.6 Å². The van der Waals surface area contributed by atoms with Crippen molar-refractivity contribution in [2.24, 2.45) is 0 Å². The molecular formula is C19H22OSi. The van der Waals surface area contributed by atoms with Crippen molar-refractivity contribution in [1.82, 2.24) is 0 Å². The standard InChI is InChI=1S/C19H22OSi/c1-19(2,3)21(16-10-15-20,17-11-6-4-7-12-17)18-13-8-5-9-14-18/h4-9,11-14,20H,15H2,1-3H3. The fourth-order valence-electron chi connectivity index (χ4n) is 2.91. The first kappa shape index (κ1) is 15.6. The van der Waals surface area contributed by atoms with Crippen LogP contribution in [-0.4, -0.2) is 19.8 Å². The molecule has 0 unspecified atom stereocenters. The zero-order valence-electron chi connectivity index (χ0n) is 12.9. The fourth-order valence-corrected chi connectivity index (χ4v) is 7.37. The van der Waals surface area contributed by atoms with Gasteiger partial charge in [0.25, 0.3) is 0 Å². The van der Waals surface area contributed by atoms with Gasteiger partial charge in [-0.15, -0.1) is 5.54 Å². The molecule has 2 heteroatoms. The number of aliphatic hydroxyl groups excluding tert-OH is 1. The van der Waals surface area contributed by atoms with E-state index in [0.717, 1.165) is 0 Å². The Kier molecular flexibility index (Phi) is 4.67. The van der Waals surface area contributed by atoms with Crippen LogP contribution in [0.25, 0.3) is 0 Å². The molecule has 0 fully saturated rings. The summed E-state index contributed by atoms with van der Waals surface area (Å²) in [7, 11) is -2.29. The van der Waals surface area contributed by atoms with Crippen LogP contribution in [0.3, 0.4) is 0 Å². The predicted octanol–water partition coefficient (Wildman–Crippen LogP) is 2.58. The third-order valence-electron chi connectivity index (χ3n) is 3.89. The van der Waals surface area contributed by atoms with Gasteiger partial charge in [-0.05, 0) is 15.4 Å². The van der Waals surface area contributed by atoms with Crippen LogP contribution in [0, 0.1) is 11.5 Å². The summed E-state index contributed by atoms with van der Waals surface area (Å²) in [5, 5.41) is 11.9. The average Bonchev–Trinajstić information content (AvgIpc) is 2.49. The van der Waals surface area contributed by atoms with Gasteiger partial charge in [0.15, 0.2) is 0 Å². The summed E-state index contributed by atoms with van der Waals surface area (Å²) < 4.78 is 0. The van der Waals surface area contributed by atoms with Crippen LogP contribution >= 0.6 is 0 Å². The third-order valence-corrected chi connectivity index (χ3v) is 9.09. The van der Waals surface area contributed by atoms with E-state index in [9.17, 15) is 5.11 Å². The molecule has 1 nitrogen and oxygen atoms in total. The van der Waals surface area contributed by atoms with Gasteiger partial charge >= 0.3 is 0 Å². The van der Waals surface area contributed by atoms with Crippen molar-refractivity contribution in [3.8, 4) is 11.5 Å². The van der Waals surface area contributed by atoms with Crippen molar-refractivity contribution < 1.29 is 5.11 Å². The summed E-state index contributed by atoms with van der Waals surface area (Å²) in [6, 6.07) is 21.1.